The Bertz CT molecular complexity index is 670. The predicted molar refractivity (Wildman–Crippen MR) is 125 cm³/mol. The van der Waals surface area contributed by atoms with Gasteiger partial charge in [0.05, 0.1) is 6.10 Å². The number of carbonyl (C=O) groups excluding carboxylic acids is 4. The topological polar surface area (TPSA) is 160 Å². The fourth-order valence-electron chi connectivity index (χ4n) is 2.43. The molecule has 0 heterocycles. The highest BCUT2D eigenvalue weighted by Crippen LogP contribution is 2.24. The molecule has 0 saturated carbocycles. The monoisotopic (exact) mass is 476 g/mol. The average molecular weight is 477 g/mol. The number of rotatable bonds is 10. The molecule has 6 N–H and O–H groups in total. The molecule has 11 heteroatoms. The van der Waals surface area contributed by atoms with Gasteiger partial charge in [-0.2, -0.15) is 11.8 Å². The molecule has 4 amide bonds. The summed E-state index contributed by atoms with van der Waals surface area (Å²) < 4.78 is 5.02. The van der Waals surface area contributed by atoms with Crippen LogP contribution in [0.2, 0.25) is 0 Å². The van der Waals surface area contributed by atoms with Crippen LogP contribution in [0.15, 0.2) is 0 Å². The minimum Gasteiger partial charge on any atom is -0.444 e. The van der Waals surface area contributed by atoms with E-state index in [1.165, 1.54) is 18.7 Å². The van der Waals surface area contributed by atoms with Crippen LogP contribution in [0.4, 0.5) is 4.79 Å². The van der Waals surface area contributed by atoms with E-state index in [4.69, 9.17) is 10.5 Å². The summed E-state index contributed by atoms with van der Waals surface area (Å²) in [6.07, 6.45) is -1.96. The van der Waals surface area contributed by atoms with Crippen molar-refractivity contribution in [2.75, 3.05) is 5.75 Å². The number of carbonyl (C=O) groups is 4. The third-order valence-electron chi connectivity index (χ3n) is 4.02. The molecule has 0 spiro atoms. The third kappa shape index (κ3) is 12.1. The predicted octanol–water partition coefficient (Wildman–Crippen LogP) is 0.903. The van der Waals surface area contributed by atoms with Crippen LogP contribution in [0.25, 0.3) is 0 Å². The molecule has 0 aromatic heterocycles. The van der Waals surface area contributed by atoms with Crippen molar-refractivity contribution in [3.8, 4) is 0 Å². The number of aliphatic hydroxyl groups is 1. The smallest absolute Gasteiger partial charge is 0.408 e. The zero-order valence-corrected chi connectivity index (χ0v) is 21.4. The number of hydrogen-bond donors (Lipinski definition) is 5. The number of amides is 4. The van der Waals surface area contributed by atoms with Gasteiger partial charge in [0.25, 0.3) is 0 Å². The highest BCUT2D eigenvalue weighted by atomic mass is 32.2. The van der Waals surface area contributed by atoms with Gasteiger partial charge in [0.15, 0.2) is 0 Å². The van der Waals surface area contributed by atoms with Gasteiger partial charge in [0.2, 0.25) is 17.7 Å². The molecule has 186 valence electrons. The summed E-state index contributed by atoms with van der Waals surface area (Å²) in [7, 11) is 0. The summed E-state index contributed by atoms with van der Waals surface area (Å²) in [4.78, 5) is 49.6. The second kappa shape index (κ2) is 12.3. The van der Waals surface area contributed by atoms with Crippen molar-refractivity contribution in [1.29, 1.82) is 0 Å². The molecule has 0 aliphatic heterocycles. The van der Waals surface area contributed by atoms with Crippen molar-refractivity contribution in [3.63, 3.8) is 0 Å². The van der Waals surface area contributed by atoms with Gasteiger partial charge in [-0.05, 0) is 33.6 Å². The summed E-state index contributed by atoms with van der Waals surface area (Å²) in [6.45, 7) is 15.8. The number of thioether (sulfide) groups is 1. The number of ether oxygens (including phenoxy) is 1. The molecular weight excluding hydrogens is 436 g/mol. The van der Waals surface area contributed by atoms with E-state index in [2.05, 4.69) is 16.0 Å². The SMILES string of the molecule is CC(C)C(NC(=O)OC(C)(C)C)C(=O)NC(CSC(C)(C)C)C(=O)NC(C(N)=O)C(C)O. The van der Waals surface area contributed by atoms with Crippen LogP contribution in [0.3, 0.4) is 0 Å². The van der Waals surface area contributed by atoms with Crippen molar-refractivity contribution in [3.05, 3.63) is 0 Å². The van der Waals surface area contributed by atoms with Gasteiger partial charge in [-0.25, -0.2) is 4.79 Å². The van der Waals surface area contributed by atoms with Crippen molar-refractivity contribution in [2.24, 2.45) is 11.7 Å². The second-order valence-electron chi connectivity index (χ2n) is 9.98. The van der Waals surface area contributed by atoms with Crippen LogP contribution in [-0.2, 0) is 19.1 Å². The molecule has 0 saturated heterocycles. The lowest BCUT2D eigenvalue weighted by Gasteiger charge is -2.29. The van der Waals surface area contributed by atoms with E-state index in [0.29, 0.717) is 0 Å². The van der Waals surface area contributed by atoms with E-state index in [1.54, 1.807) is 34.6 Å². The van der Waals surface area contributed by atoms with Gasteiger partial charge in [-0.1, -0.05) is 34.6 Å². The van der Waals surface area contributed by atoms with Crippen molar-refractivity contribution in [1.82, 2.24) is 16.0 Å². The zero-order chi connectivity index (χ0) is 25.4. The van der Waals surface area contributed by atoms with E-state index in [1.807, 2.05) is 20.8 Å². The summed E-state index contributed by atoms with van der Waals surface area (Å²) in [5.74, 6) is -2.23. The van der Waals surface area contributed by atoms with Gasteiger partial charge in [0, 0.05) is 10.5 Å². The molecule has 32 heavy (non-hydrogen) atoms. The largest absolute Gasteiger partial charge is 0.444 e. The third-order valence-corrected chi connectivity index (χ3v) is 5.39. The van der Waals surface area contributed by atoms with E-state index < -0.39 is 53.6 Å². The van der Waals surface area contributed by atoms with Gasteiger partial charge >= 0.3 is 6.09 Å². The number of primary amides is 1. The van der Waals surface area contributed by atoms with Gasteiger partial charge < -0.3 is 31.5 Å². The van der Waals surface area contributed by atoms with E-state index in [-0.39, 0.29) is 16.4 Å². The van der Waals surface area contributed by atoms with Crippen molar-refractivity contribution < 1.29 is 29.0 Å². The zero-order valence-electron chi connectivity index (χ0n) is 20.6. The van der Waals surface area contributed by atoms with E-state index >= 15 is 0 Å². The molecule has 0 bridgehead atoms. The molecule has 0 rings (SSSR count). The summed E-state index contributed by atoms with van der Waals surface area (Å²) in [5.41, 5.74) is 4.52. The molecule has 4 atom stereocenters. The number of aliphatic hydroxyl groups excluding tert-OH is 1. The Kier molecular flexibility index (Phi) is 11.5. The summed E-state index contributed by atoms with van der Waals surface area (Å²) in [6, 6.07) is -3.29. The molecule has 10 nitrogen and oxygen atoms in total. The lowest BCUT2D eigenvalue weighted by Crippen LogP contribution is -2.60. The molecule has 0 fully saturated rings. The lowest BCUT2D eigenvalue weighted by atomic mass is 10.0. The normalized spacial score (nSPS) is 15.8. The van der Waals surface area contributed by atoms with Crippen LogP contribution >= 0.6 is 11.8 Å². The summed E-state index contributed by atoms with van der Waals surface area (Å²) >= 11 is 1.43. The Balaban J connectivity index is 5.56. The molecule has 0 aromatic carbocycles. The van der Waals surface area contributed by atoms with Crippen molar-refractivity contribution in [2.45, 2.75) is 96.9 Å². The first-order valence-electron chi connectivity index (χ1n) is 10.6. The minimum atomic E-state index is -1.30. The highest BCUT2D eigenvalue weighted by molar-refractivity contribution is 8.00. The average Bonchev–Trinajstić information content (AvgIpc) is 2.57. The fourth-order valence-corrected chi connectivity index (χ4v) is 3.33. The Labute approximate surface area is 195 Å². The Morgan fingerprint density at radius 1 is 0.906 bits per heavy atom. The minimum absolute atomic E-state index is 0.198. The van der Waals surface area contributed by atoms with Gasteiger partial charge in [-0.3, -0.25) is 14.4 Å². The number of alkyl carbamates (subject to hydrolysis) is 1. The van der Waals surface area contributed by atoms with E-state index in [9.17, 15) is 24.3 Å². The fraction of sp³-hybridized carbons (Fsp3) is 0.810. The maximum absolute atomic E-state index is 13.0. The standard InChI is InChI=1S/C21H40N4O6S/c1-11(2)14(25-19(30)31-20(4,5)6)18(29)23-13(10-32-21(7,8)9)17(28)24-15(12(3)26)16(22)27/h11-15,26H,10H2,1-9H3,(H2,22,27)(H,23,29)(H,24,28)(H,25,30). The van der Waals surface area contributed by atoms with Crippen LogP contribution in [0, 0.1) is 5.92 Å². The number of nitrogens with two attached hydrogens (primary N) is 1. The summed E-state index contributed by atoms with van der Waals surface area (Å²) in [5, 5.41) is 17.3. The Morgan fingerprint density at radius 3 is 1.81 bits per heavy atom. The highest BCUT2D eigenvalue weighted by Gasteiger charge is 2.33. The first-order chi connectivity index (χ1) is 14.3. The molecule has 0 radical (unpaired) electrons. The Hall–Kier alpha value is -2.01. The quantitative estimate of drug-likeness (QED) is 0.313. The number of nitrogens with one attached hydrogen (secondary N) is 3. The van der Waals surface area contributed by atoms with Crippen LogP contribution < -0.4 is 21.7 Å². The molecule has 4 unspecified atom stereocenters. The van der Waals surface area contributed by atoms with Gasteiger partial charge in [0.1, 0.15) is 23.7 Å². The first kappa shape index (κ1) is 30.0. The van der Waals surface area contributed by atoms with E-state index in [0.717, 1.165) is 0 Å². The Morgan fingerprint density at radius 2 is 1.44 bits per heavy atom. The van der Waals surface area contributed by atoms with Crippen LogP contribution in [0.5, 0.6) is 0 Å². The maximum Gasteiger partial charge on any atom is 0.408 e. The molecule has 0 aromatic rings. The molecule has 0 aliphatic rings. The molecule has 0 aliphatic carbocycles. The lowest BCUT2D eigenvalue weighted by molar-refractivity contribution is -0.133. The van der Waals surface area contributed by atoms with Crippen LogP contribution in [-0.4, -0.2) is 69.3 Å². The number of hydrogen-bond acceptors (Lipinski definition) is 7. The first-order valence-corrected chi connectivity index (χ1v) is 11.5. The van der Waals surface area contributed by atoms with Gasteiger partial charge in [-0.15, -0.1) is 0 Å². The second-order valence-corrected chi connectivity index (χ2v) is 11.8. The maximum atomic E-state index is 13.0. The van der Waals surface area contributed by atoms with Crippen molar-refractivity contribution >= 4 is 35.6 Å². The van der Waals surface area contributed by atoms with Crippen LogP contribution in [0.1, 0.15) is 62.3 Å². The molecular formula is C21H40N4O6S.